The zero-order chi connectivity index (χ0) is 14.4. The van der Waals surface area contributed by atoms with Gasteiger partial charge in [0.25, 0.3) is 0 Å². The van der Waals surface area contributed by atoms with Crippen LogP contribution in [-0.4, -0.2) is 52.2 Å². The van der Waals surface area contributed by atoms with E-state index < -0.39 is 30.2 Å². The van der Waals surface area contributed by atoms with Crippen LogP contribution in [-0.2, 0) is 4.74 Å². The highest BCUT2D eigenvalue weighted by molar-refractivity contribution is 6.02. The SMILES string of the molecule is O=C(O)c1cccc(C(CO)OCCO)c1C(=O)O. The van der Waals surface area contributed by atoms with Crippen LogP contribution in [0.3, 0.4) is 0 Å². The van der Waals surface area contributed by atoms with E-state index >= 15 is 0 Å². The lowest BCUT2D eigenvalue weighted by Crippen LogP contribution is -2.18. The third-order valence-corrected chi connectivity index (χ3v) is 2.46. The fraction of sp³-hybridized carbons (Fsp3) is 0.333. The monoisotopic (exact) mass is 270 g/mol. The van der Waals surface area contributed by atoms with Gasteiger partial charge in [-0.25, -0.2) is 9.59 Å². The highest BCUT2D eigenvalue weighted by atomic mass is 16.5. The molecule has 0 spiro atoms. The summed E-state index contributed by atoms with van der Waals surface area (Å²) in [6.45, 7) is -0.914. The van der Waals surface area contributed by atoms with E-state index in [2.05, 4.69) is 0 Å². The van der Waals surface area contributed by atoms with Crippen molar-refractivity contribution in [2.45, 2.75) is 6.10 Å². The smallest absolute Gasteiger partial charge is 0.336 e. The third kappa shape index (κ3) is 3.50. The Morgan fingerprint density at radius 3 is 2.32 bits per heavy atom. The molecule has 1 unspecified atom stereocenters. The molecule has 0 bridgehead atoms. The van der Waals surface area contributed by atoms with Crippen molar-refractivity contribution in [3.05, 3.63) is 34.9 Å². The number of aliphatic hydroxyl groups excluding tert-OH is 2. The molecule has 1 aromatic rings. The number of carboxylic acid groups (broad SMARTS) is 2. The van der Waals surface area contributed by atoms with Gasteiger partial charge in [-0.15, -0.1) is 0 Å². The van der Waals surface area contributed by atoms with Crippen molar-refractivity contribution in [3.8, 4) is 0 Å². The lowest BCUT2D eigenvalue weighted by atomic mass is 9.97. The average molecular weight is 270 g/mol. The minimum Gasteiger partial charge on any atom is -0.478 e. The van der Waals surface area contributed by atoms with Gasteiger partial charge in [0.05, 0.1) is 30.9 Å². The summed E-state index contributed by atoms with van der Waals surface area (Å²) in [4.78, 5) is 22.2. The van der Waals surface area contributed by atoms with E-state index in [1.54, 1.807) is 0 Å². The lowest BCUT2D eigenvalue weighted by Gasteiger charge is -2.18. The minimum absolute atomic E-state index is 0.0587. The zero-order valence-electron chi connectivity index (χ0n) is 9.94. The van der Waals surface area contributed by atoms with Crippen LogP contribution in [0, 0.1) is 0 Å². The van der Waals surface area contributed by atoms with Crippen molar-refractivity contribution in [2.75, 3.05) is 19.8 Å². The first-order valence-corrected chi connectivity index (χ1v) is 5.45. The number of hydrogen-bond donors (Lipinski definition) is 4. The molecule has 0 radical (unpaired) electrons. The molecule has 4 N–H and O–H groups in total. The summed E-state index contributed by atoms with van der Waals surface area (Å²) in [7, 11) is 0. The number of aliphatic hydroxyl groups is 2. The van der Waals surface area contributed by atoms with E-state index in [-0.39, 0.29) is 24.3 Å². The number of rotatable bonds is 7. The van der Waals surface area contributed by atoms with Crippen LogP contribution in [0.15, 0.2) is 18.2 Å². The minimum atomic E-state index is -1.42. The molecule has 0 aromatic heterocycles. The summed E-state index contributed by atoms with van der Waals surface area (Å²) in [5, 5.41) is 35.9. The van der Waals surface area contributed by atoms with E-state index in [4.69, 9.17) is 20.1 Å². The first kappa shape index (κ1) is 15.1. The van der Waals surface area contributed by atoms with Crippen molar-refractivity contribution >= 4 is 11.9 Å². The van der Waals surface area contributed by atoms with Gasteiger partial charge in [0, 0.05) is 0 Å². The third-order valence-electron chi connectivity index (χ3n) is 2.46. The Balaban J connectivity index is 3.28. The second kappa shape index (κ2) is 6.83. The fourth-order valence-electron chi connectivity index (χ4n) is 1.69. The number of carboxylic acids is 2. The Morgan fingerprint density at radius 1 is 1.16 bits per heavy atom. The van der Waals surface area contributed by atoms with Crippen LogP contribution in [0.4, 0.5) is 0 Å². The van der Waals surface area contributed by atoms with Crippen LogP contribution in [0.2, 0.25) is 0 Å². The molecular weight excluding hydrogens is 256 g/mol. The average Bonchev–Trinajstić information content (AvgIpc) is 2.38. The molecule has 0 aliphatic rings. The van der Waals surface area contributed by atoms with Gasteiger partial charge in [0.2, 0.25) is 0 Å². The van der Waals surface area contributed by atoms with Crippen molar-refractivity contribution in [1.82, 2.24) is 0 Å². The second-order valence-electron chi connectivity index (χ2n) is 3.65. The van der Waals surface area contributed by atoms with Crippen molar-refractivity contribution in [3.63, 3.8) is 0 Å². The number of carbonyl (C=O) groups is 2. The van der Waals surface area contributed by atoms with Crippen LogP contribution >= 0.6 is 0 Å². The Hall–Kier alpha value is -1.96. The summed E-state index contributed by atoms with van der Waals surface area (Å²) in [5.41, 5.74) is -0.744. The molecule has 7 nitrogen and oxygen atoms in total. The molecule has 0 aliphatic carbocycles. The molecule has 1 rings (SSSR count). The molecule has 0 saturated carbocycles. The number of aromatic carboxylic acids is 2. The summed E-state index contributed by atoms with van der Waals surface area (Å²) in [6.07, 6.45) is -1.00. The molecule has 0 fully saturated rings. The van der Waals surface area contributed by atoms with Gasteiger partial charge >= 0.3 is 11.9 Å². The van der Waals surface area contributed by atoms with Crippen LogP contribution in [0.25, 0.3) is 0 Å². The highest BCUT2D eigenvalue weighted by Gasteiger charge is 2.24. The quantitative estimate of drug-likeness (QED) is 0.554. The maximum Gasteiger partial charge on any atom is 0.336 e. The number of hydrogen-bond acceptors (Lipinski definition) is 5. The molecule has 0 saturated heterocycles. The van der Waals surface area contributed by atoms with Crippen molar-refractivity contribution in [1.29, 1.82) is 0 Å². The van der Waals surface area contributed by atoms with Gasteiger partial charge in [-0.2, -0.15) is 0 Å². The summed E-state index contributed by atoms with van der Waals surface area (Å²) in [5.74, 6) is -2.79. The topological polar surface area (TPSA) is 124 Å². The van der Waals surface area contributed by atoms with Gasteiger partial charge in [-0.1, -0.05) is 12.1 Å². The first-order valence-electron chi connectivity index (χ1n) is 5.45. The highest BCUT2D eigenvalue weighted by Crippen LogP contribution is 2.24. The predicted molar refractivity (Wildman–Crippen MR) is 63.2 cm³/mol. The van der Waals surface area contributed by atoms with E-state index in [1.165, 1.54) is 12.1 Å². The molecule has 0 heterocycles. The summed E-state index contributed by atoms with van der Waals surface area (Å²) >= 11 is 0. The zero-order valence-corrected chi connectivity index (χ0v) is 9.94. The molecule has 0 aliphatic heterocycles. The Labute approximate surface area is 108 Å². The van der Waals surface area contributed by atoms with Crippen LogP contribution in [0.1, 0.15) is 32.4 Å². The van der Waals surface area contributed by atoms with Crippen molar-refractivity contribution in [2.24, 2.45) is 0 Å². The fourth-order valence-corrected chi connectivity index (χ4v) is 1.69. The van der Waals surface area contributed by atoms with Gasteiger partial charge in [0.1, 0.15) is 6.10 Å². The summed E-state index contributed by atoms with van der Waals surface area (Å²) < 4.78 is 5.10. The molecule has 0 amide bonds. The molecule has 104 valence electrons. The molecule has 19 heavy (non-hydrogen) atoms. The Kier molecular flexibility index (Phi) is 5.43. The normalized spacial score (nSPS) is 12.1. The molecule has 1 aromatic carbocycles. The standard InChI is InChI=1S/C12H14O7/c13-4-5-19-9(6-14)7-2-1-3-8(11(15)16)10(7)12(17)18/h1-3,9,13-14H,4-6H2,(H,15,16)(H,17,18). The second-order valence-corrected chi connectivity index (χ2v) is 3.65. The van der Waals surface area contributed by atoms with E-state index in [9.17, 15) is 14.7 Å². The van der Waals surface area contributed by atoms with E-state index in [0.717, 1.165) is 6.07 Å². The van der Waals surface area contributed by atoms with E-state index in [0.29, 0.717) is 0 Å². The number of benzene rings is 1. The van der Waals surface area contributed by atoms with Gasteiger partial charge in [-0.05, 0) is 11.6 Å². The van der Waals surface area contributed by atoms with Crippen molar-refractivity contribution < 1.29 is 34.8 Å². The lowest BCUT2D eigenvalue weighted by molar-refractivity contribution is -0.00544. The molecule has 7 heteroatoms. The van der Waals surface area contributed by atoms with Crippen LogP contribution < -0.4 is 0 Å². The maximum absolute atomic E-state index is 11.2. The Morgan fingerprint density at radius 2 is 1.84 bits per heavy atom. The Bertz CT molecular complexity index is 469. The largest absolute Gasteiger partial charge is 0.478 e. The molecule has 1 atom stereocenters. The van der Waals surface area contributed by atoms with Gasteiger partial charge in [0.15, 0.2) is 0 Å². The van der Waals surface area contributed by atoms with Crippen LogP contribution in [0.5, 0.6) is 0 Å². The van der Waals surface area contributed by atoms with Gasteiger partial charge < -0.3 is 25.2 Å². The maximum atomic E-state index is 11.2. The molecular formula is C12H14O7. The first-order chi connectivity index (χ1) is 9.02. The van der Waals surface area contributed by atoms with Gasteiger partial charge in [-0.3, -0.25) is 0 Å². The summed E-state index contributed by atoms with van der Waals surface area (Å²) in [6, 6.07) is 3.90. The van der Waals surface area contributed by atoms with E-state index in [1.807, 2.05) is 0 Å². The predicted octanol–water partition coefficient (Wildman–Crippen LogP) is 0.125. The number of ether oxygens (including phenoxy) is 1.